The summed E-state index contributed by atoms with van der Waals surface area (Å²) in [7, 11) is -3.30. The highest BCUT2D eigenvalue weighted by Crippen LogP contribution is 2.37. The maximum atomic E-state index is 12.2. The minimum Gasteiger partial charge on any atom is -0.330 e. The van der Waals surface area contributed by atoms with E-state index in [4.69, 9.17) is 0 Å². The van der Waals surface area contributed by atoms with Gasteiger partial charge in [-0.2, -0.15) is 0 Å². The van der Waals surface area contributed by atoms with Gasteiger partial charge in [-0.3, -0.25) is 0 Å². The van der Waals surface area contributed by atoms with Gasteiger partial charge in [-0.1, -0.05) is 46.3 Å². The molecule has 1 heterocycles. The molecule has 1 aromatic heterocycles. The molecule has 3 nitrogen and oxygen atoms in total. The minimum atomic E-state index is -3.30. The molecule has 0 radical (unpaired) electrons. The fourth-order valence-corrected chi connectivity index (χ4v) is 5.03. The van der Waals surface area contributed by atoms with Gasteiger partial charge < -0.3 is 4.57 Å². The molecule has 1 atom stereocenters. The minimum absolute atomic E-state index is 0.121. The van der Waals surface area contributed by atoms with Gasteiger partial charge in [0.05, 0.1) is 0 Å². The number of halogens is 1. The Balaban J connectivity index is 1.95. The highest BCUT2D eigenvalue weighted by molar-refractivity contribution is 9.10. The zero-order chi connectivity index (χ0) is 18.7. The van der Waals surface area contributed by atoms with Crippen LogP contribution in [0.1, 0.15) is 23.4 Å². The lowest BCUT2D eigenvalue weighted by atomic mass is 10.2. The van der Waals surface area contributed by atoms with Crippen LogP contribution < -0.4 is 0 Å². The molecule has 0 aliphatic carbocycles. The maximum absolute atomic E-state index is 12.2. The second-order valence-corrected chi connectivity index (χ2v) is 10.4. The lowest BCUT2D eigenvalue weighted by Crippen LogP contribution is -2.12. The van der Waals surface area contributed by atoms with Crippen molar-refractivity contribution in [1.82, 2.24) is 4.57 Å². The van der Waals surface area contributed by atoms with E-state index >= 15 is 0 Å². The van der Waals surface area contributed by atoms with Gasteiger partial charge in [0, 0.05) is 33.1 Å². The lowest BCUT2D eigenvalue weighted by Gasteiger charge is -2.18. The summed E-state index contributed by atoms with van der Waals surface area (Å²) in [6.07, 6.45) is 1.26. The van der Waals surface area contributed by atoms with Crippen LogP contribution in [0, 0.1) is 0 Å². The number of rotatable bonds is 6. The quantitative estimate of drug-likeness (QED) is 0.462. The first kappa shape index (κ1) is 19.3. The van der Waals surface area contributed by atoms with Crippen molar-refractivity contribution >= 4 is 37.5 Å². The third-order valence-corrected chi connectivity index (χ3v) is 6.87. The van der Waals surface area contributed by atoms with Gasteiger partial charge >= 0.3 is 0 Å². The summed E-state index contributed by atoms with van der Waals surface area (Å²) < 4.78 is 27.4. The second kappa shape index (κ2) is 8.03. The number of sulfone groups is 1. The molecule has 1 unspecified atom stereocenters. The van der Waals surface area contributed by atoms with E-state index in [9.17, 15) is 8.42 Å². The van der Waals surface area contributed by atoms with Gasteiger partial charge in [0.25, 0.3) is 0 Å². The normalized spacial score (nSPS) is 12.9. The summed E-state index contributed by atoms with van der Waals surface area (Å²) in [4.78, 5) is 1.15. The van der Waals surface area contributed by atoms with Gasteiger partial charge in [-0.05, 0) is 48.9 Å². The second-order valence-electron chi connectivity index (χ2n) is 6.15. The highest BCUT2D eigenvalue weighted by atomic mass is 79.9. The van der Waals surface area contributed by atoms with E-state index in [1.165, 1.54) is 6.26 Å². The van der Waals surface area contributed by atoms with Crippen LogP contribution >= 0.6 is 27.7 Å². The molecule has 0 N–H and O–H groups in total. The molecule has 6 heteroatoms. The summed E-state index contributed by atoms with van der Waals surface area (Å²) in [6, 6.07) is 21.7. The maximum Gasteiger partial charge on any atom is 0.190 e. The van der Waals surface area contributed by atoms with Gasteiger partial charge in [-0.15, -0.1) is 11.8 Å². The average Bonchev–Trinajstić information content (AvgIpc) is 3.02. The average molecular weight is 450 g/mol. The molecule has 0 saturated carbocycles. The molecule has 136 valence electrons. The van der Waals surface area contributed by atoms with Crippen LogP contribution in [0.3, 0.4) is 0 Å². The van der Waals surface area contributed by atoms with E-state index < -0.39 is 9.84 Å². The Hall–Kier alpha value is -1.50. The number of benzene rings is 2. The van der Waals surface area contributed by atoms with Crippen molar-refractivity contribution in [2.45, 2.75) is 28.6 Å². The summed E-state index contributed by atoms with van der Waals surface area (Å²) in [5.41, 5.74) is 2.08. The van der Waals surface area contributed by atoms with Gasteiger partial charge in [0.1, 0.15) is 5.03 Å². The largest absolute Gasteiger partial charge is 0.330 e. The Kier molecular flexibility index (Phi) is 5.95. The van der Waals surface area contributed by atoms with E-state index in [0.29, 0.717) is 11.6 Å². The smallest absolute Gasteiger partial charge is 0.190 e. The topological polar surface area (TPSA) is 39.1 Å². The van der Waals surface area contributed by atoms with Crippen LogP contribution in [-0.2, 0) is 16.4 Å². The van der Waals surface area contributed by atoms with Crippen LogP contribution in [-0.4, -0.2) is 19.2 Å². The van der Waals surface area contributed by atoms with Crippen molar-refractivity contribution in [1.29, 1.82) is 0 Å². The third kappa shape index (κ3) is 4.61. The zero-order valence-corrected chi connectivity index (χ0v) is 17.8. The fourth-order valence-electron chi connectivity index (χ4n) is 2.86. The number of aromatic nitrogens is 1. The number of thioether (sulfide) groups is 1. The first-order valence-corrected chi connectivity index (χ1v) is 11.8. The van der Waals surface area contributed by atoms with Crippen molar-refractivity contribution in [3.05, 3.63) is 82.5 Å². The third-order valence-electron chi connectivity index (χ3n) is 4.08. The summed E-state index contributed by atoms with van der Waals surface area (Å²) in [5, 5.41) is 0.481. The van der Waals surface area contributed by atoms with Crippen LogP contribution in [0.15, 0.2) is 81.1 Å². The predicted octanol–water partition coefficient (Wildman–Crippen LogP) is 5.56. The predicted molar refractivity (Wildman–Crippen MR) is 111 cm³/mol. The number of nitrogens with zero attached hydrogens (tertiary/aromatic N) is 1. The molecule has 0 saturated heterocycles. The Bertz CT molecular complexity index is 980. The molecule has 0 aliphatic rings. The van der Waals surface area contributed by atoms with Crippen molar-refractivity contribution < 1.29 is 8.42 Å². The lowest BCUT2D eigenvalue weighted by molar-refractivity contribution is 0.582. The highest BCUT2D eigenvalue weighted by Gasteiger charge is 2.20. The van der Waals surface area contributed by atoms with Gasteiger partial charge in [0.2, 0.25) is 0 Å². The first-order valence-electron chi connectivity index (χ1n) is 8.20. The molecule has 2 aromatic carbocycles. The Morgan fingerprint density at radius 2 is 1.65 bits per heavy atom. The molecule has 3 aromatic rings. The summed E-state index contributed by atoms with van der Waals surface area (Å²) in [6.45, 7) is 2.65. The standard InChI is InChI=1S/C20H20BrNO2S2/c1-15(25-18-10-8-17(21)9-11-18)19-12-13-20(26(2,23)24)22(19)14-16-6-4-3-5-7-16/h3-13,15H,14H2,1-2H3. The van der Waals surface area contributed by atoms with Crippen LogP contribution in [0.5, 0.6) is 0 Å². The molecular weight excluding hydrogens is 430 g/mol. The van der Waals surface area contributed by atoms with Crippen LogP contribution in [0.25, 0.3) is 0 Å². The van der Waals surface area contributed by atoms with Crippen LogP contribution in [0.4, 0.5) is 0 Å². The van der Waals surface area contributed by atoms with Crippen molar-refractivity contribution in [3.8, 4) is 0 Å². The molecule has 26 heavy (non-hydrogen) atoms. The molecule has 0 spiro atoms. The zero-order valence-electron chi connectivity index (χ0n) is 14.6. The molecule has 0 aliphatic heterocycles. The van der Waals surface area contributed by atoms with Crippen LogP contribution in [0.2, 0.25) is 0 Å². The van der Waals surface area contributed by atoms with E-state index in [1.54, 1.807) is 17.8 Å². The first-order chi connectivity index (χ1) is 12.3. The Morgan fingerprint density at radius 3 is 2.27 bits per heavy atom. The van der Waals surface area contributed by atoms with Crippen molar-refractivity contribution in [2.75, 3.05) is 6.26 Å². The van der Waals surface area contributed by atoms with Gasteiger partial charge in [0.15, 0.2) is 9.84 Å². The monoisotopic (exact) mass is 449 g/mol. The number of hydrogen-bond acceptors (Lipinski definition) is 3. The van der Waals surface area contributed by atoms with E-state index in [2.05, 4.69) is 35.0 Å². The molecular formula is C20H20BrNO2S2. The summed E-state index contributed by atoms with van der Waals surface area (Å²) in [5.74, 6) is 0. The fraction of sp³-hybridized carbons (Fsp3) is 0.200. The Morgan fingerprint density at radius 1 is 1.00 bits per heavy atom. The Labute approximate surface area is 167 Å². The van der Waals surface area contributed by atoms with Crippen molar-refractivity contribution in [3.63, 3.8) is 0 Å². The molecule has 0 amide bonds. The number of hydrogen-bond donors (Lipinski definition) is 0. The molecule has 3 rings (SSSR count). The molecule has 0 fully saturated rings. The van der Waals surface area contributed by atoms with E-state index in [0.717, 1.165) is 20.6 Å². The van der Waals surface area contributed by atoms with Gasteiger partial charge in [-0.25, -0.2) is 8.42 Å². The van der Waals surface area contributed by atoms with E-state index in [1.807, 2.05) is 53.1 Å². The van der Waals surface area contributed by atoms with E-state index in [-0.39, 0.29) is 5.25 Å². The van der Waals surface area contributed by atoms with Crippen molar-refractivity contribution in [2.24, 2.45) is 0 Å². The SMILES string of the molecule is CC(Sc1ccc(Br)cc1)c1ccc(S(C)(=O)=O)n1Cc1ccccc1. The summed E-state index contributed by atoms with van der Waals surface area (Å²) >= 11 is 5.17. The molecule has 0 bridgehead atoms.